The van der Waals surface area contributed by atoms with Gasteiger partial charge in [-0.2, -0.15) is 0 Å². The van der Waals surface area contributed by atoms with E-state index in [9.17, 15) is 17.8 Å². The van der Waals surface area contributed by atoms with E-state index in [1.807, 2.05) is 0 Å². The molecule has 0 radical (unpaired) electrons. The second-order valence-corrected chi connectivity index (χ2v) is 5.34. The van der Waals surface area contributed by atoms with Crippen molar-refractivity contribution in [1.29, 1.82) is 0 Å². The van der Waals surface area contributed by atoms with Crippen LogP contribution in [-0.4, -0.2) is 31.3 Å². The first-order chi connectivity index (χ1) is 7.38. The van der Waals surface area contributed by atoms with E-state index in [0.717, 1.165) is 4.47 Å². The molecule has 7 heteroatoms. The van der Waals surface area contributed by atoms with E-state index < -0.39 is 28.4 Å². The Hall–Kier alpha value is -0.920. The van der Waals surface area contributed by atoms with E-state index in [1.54, 1.807) is 12.1 Å². The average Bonchev–Trinajstić information content (AvgIpc) is 2.16. The number of hydrogen-bond acceptors (Lipinski definition) is 5. The fraction of sp³-hybridized carbons (Fsp3) is 0.222. The molecule has 0 fully saturated rings. The van der Waals surface area contributed by atoms with E-state index in [1.165, 1.54) is 12.1 Å². The zero-order valence-corrected chi connectivity index (χ0v) is 10.5. The van der Waals surface area contributed by atoms with Crippen molar-refractivity contribution in [2.45, 2.75) is 0 Å². The molecule has 0 amide bonds. The Labute approximate surface area is 101 Å². The Morgan fingerprint density at radius 3 is 2.38 bits per heavy atom. The molecule has 0 spiro atoms. The quantitative estimate of drug-likeness (QED) is 0.615. The van der Waals surface area contributed by atoms with Crippen LogP contribution in [-0.2, 0) is 14.9 Å². The molecule has 5 nitrogen and oxygen atoms in total. The third-order valence-corrected chi connectivity index (χ3v) is 2.84. The number of rotatable bonds is 4. The minimum Gasteiger partial charge on any atom is -0.748 e. The lowest BCUT2D eigenvalue weighted by Gasteiger charge is -2.07. The Balaban J connectivity index is 2.50. The van der Waals surface area contributed by atoms with Crippen LogP contribution < -0.4 is 0 Å². The summed E-state index contributed by atoms with van der Waals surface area (Å²) in [6, 6.07) is 6.36. The molecular formula is C9H8BrO5S-. The predicted octanol–water partition coefficient (Wildman–Crippen LogP) is 1.15. The number of benzene rings is 1. The highest BCUT2D eigenvalue weighted by atomic mass is 79.9. The highest BCUT2D eigenvalue weighted by Gasteiger charge is 2.07. The molecule has 1 aromatic rings. The fourth-order valence-electron chi connectivity index (χ4n) is 0.906. The molecule has 0 aliphatic rings. The zero-order chi connectivity index (χ0) is 12.2. The summed E-state index contributed by atoms with van der Waals surface area (Å²) in [5.74, 6) is -1.37. The van der Waals surface area contributed by atoms with Gasteiger partial charge in [0.25, 0.3) is 0 Å². The van der Waals surface area contributed by atoms with Crippen LogP contribution in [0, 0.1) is 0 Å². The molecule has 0 saturated heterocycles. The first-order valence-corrected chi connectivity index (χ1v) is 6.62. The van der Waals surface area contributed by atoms with Crippen LogP contribution in [0.4, 0.5) is 0 Å². The summed E-state index contributed by atoms with van der Waals surface area (Å²) >= 11 is 3.20. The molecule has 0 aliphatic carbocycles. The van der Waals surface area contributed by atoms with Crippen LogP contribution in [0.2, 0.25) is 0 Å². The molecule has 1 rings (SSSR count). The Morgan fingerprint density at radius 1 is 1.31 bits per heavy atom. The van der Waals surface area contributed by atoms with Crippen molar-refractivity contribution in [2.24, 2.45) is 0 Å². The van der Waals surface area contributed by atoms with Crippen LogP contribution in [0.25, 0.3) is 0 Å². The van der Waals surface area contributed by atoms with Crippen molar-refractivity contribution in [1.82, 2.24) is 0 Å². The second kappa shape index (κ2) is 5.42. The lowest BCUT2D eigenvalue weighted by Crippen LogP contribution is -2.14. The van der Waals surface area contributed by atoms with Gasteiger partial charge in [-0.25, -0.2) is 13.2 Å². The van der Waals surface area contributed by atoms with Crippen molar-refractivity contribution < 1.29 is 22.5 Å². The summed E-state index contributed by atoms with van der Waals surface area (Å²) in [4.78, 5) is 11.3. The lowest BCUT2D eigenvalue weighted by atomic mass is 10.2. The molecule has 0 saturated carbocycles. The van der Waals surface area contributed by atoms with Crippen LogP contribution in [0.1, 0.15) is 10.4 Å². The van der Waals surface area contributed by atoms with Crippen LogP contribution in [0.5, 0.6) is 0 Å². The third kappa shape index (κ3) is 4.73. The zero-order valence-electron chi connectivity index (χ0n) is 8.05. The highest BCUT2D eigenvalue weighted by Crippen LogP contribution is 2.11. The molecule has 0 bridgehead atoms. The minimum atomic E-state index is -4.34. The summed E-state index contributed by atoms with van der Waals surface area (Å²) in [5.41, 5.74) is 0.298. The molecule has 0 atom stereocenters. The molecule has 0 aromatic heterocycles. The number of carbonyl (C=O) groups is 1. The number of halogens is 1. The standard InChI is InChI=1S/C9H9BrO5S/c10-8-3-1-7(2-4-8)9(11)15-5-6-16(12,13)14/h1-4H,5-6H2,(H,12,13,14)/p-1. The van der Waals surface area contributed by atoms with Crippen molar-refractivity contribution in [3.05, 3.63) is 34.3 Å². The average molecular weight is 308 g/mol. The monoisotopic (exact) mass is 307 g/mol. The number of ether oxygens (including phenoxy) is 1. The van der Waals surface area contributed by atoms with Crippen molar-refractivity contribution >= 4 is 32.0 Å². The molecule has 1 aromatic carbocycles. The molecule has 0 N–H and O–H groups in total. The minimum absolute atomic E-state index is 0.298. The van der Waals surface area contributed by atoms with Gasteiger partial charge in [0.2, 0.25) is 0 Å². The number of carbonyl (C=O) groups excluding carboxylic acids is 1. The van der Waals surface area contributed by atoms with E-state index in [0.29, 0.717) is 5.56 Å². The van der Waals surface area contributed by atoms with Gasteiger partial charge in [0.1, 0.15) is 6.61 Å². The van der Waals surface area contributed by atoms with E-state index in [-0.39, 0.29) is 0 Å². The molecule has 16 heavy (non-hydrogen) atoms. The molecule has 0 heterocycles. The van der Waals surface area contributed by atoms with Gasteiger partial charge in [-0.1, -0.05) is 15.9 Å². The summed E-state index contributed by atoms with van der Waals surface area (Å²) in [5, 5.41) is 0. The van der Waals surface area contributed by atoms with Gasteiger partial charge in [-0.3, -0.25) is 0 Å². The van der Waals surface area contributed by atoms with Gasteiger partial charge in [-0.15, -0.1) is 0 Å². The van der Waals surface area contributed by atoms with Crippen LogP contribution in [0.15, 0.2) is 28.7 Å². The van der Waals surface area contributed by atoms with E-state index in [4.69, 9.17) is 0 Å². The summed E-state index contributed by atoms with van der Waals surface area (Å²) < 4.78 is 36.1. The smallest absolute Gasteiger partial charge is 0.338 e. The van der Waals surface area contributed by atoms with Gasteiger partial charge in [0.05, 0.1) is 21.4 Å². The second-order valence-electron chi connectivity index (χ2n) is 2.90. The lowest BCUT2D eigenvalue weighted by molar-refractivity contribution is 0.0528. The summed E-state index contributed by atoms with van der Waals surface area (Å²) in [7, 11) is -4.34. The molecule has 0 unspecified atom stereocenters. The largest absolute Gasteiger partial charge is 0.748 e. The van der Waals surface area contributed by atoms with Gasteiger partial charge in [-0.05, 0) is 24.3 Å². The number of esters is 1. The Kier molecular flexibility index (Phi) is 4.45. The molecule has 88 valence electrons. The fourth-order valence-corrected chi connectivity index (χ4v) is 1.46. The van der Waals surface area contributed by atoms with E-state index in [2.05, 4.69) is 20.7 Å². The first-order valence-electron chi connectivity index (χ1n) is 4.25. The van der Waals surface area contributed by atoms with Crippen LogP contribution >= 0.6 is 15.9 Å². The SMILES string of the molecule is O=C(OCCS(=O)(=O)[O-])c1ccc(Br)cc1. The van der Waals surface area contributed by atoms with Gasteiger partial charge >= 0.3 is 5.97 Å². The topological polar surface area (TPSA) is 83.5 Å². The van der Waals surface area contributed by atoms with Gasteiger partial charge < -0.3 is 9.29 Å². The highest BCUT2D eigenvalue weighted by molar-refractivity contribution is 9.10. The Bertz CT molecular complexity index is 465. The Morgan fingerprint density at radius 2 is 1.88 bits per heavy atom. The van der Waals surface area contributed by atoms with Crippen LogP contribution in [0.3, 0.4) is 0 Å². The first kappa shape index (κ1) is 13.1. The van der Waals surface area contributed by atoms with Crippen molar-refractivity contribution in [2.75, 3.05) is 12.4 Å². The third-order valence-electron chi connectivity index (χ3n) is 1.65. The number of hydrogen-bond donors (Lipinski definition) is 0. The maximum Gasteiger partial charge on any atom is 0.338 e. The normalized spacial score (nSPS) is 11.1. The van der Waals surface area contributed by atoms with Gasteiger partial charge in [0.15, 0.2) is 0 Å². The molecule has 0 aliphatic heterocycles. The summed E-state index contributed by atoms with van der Waals surface area (Å²) in [6.07, 6.45) is 0. The maximum atomic E-state index is 11.3. The maximum absolute atomic E-state index is 11.3. The van der Waals surface area contributed by atoms with Crippen molar-refractivity contribution in [3.8, 4) is 0 Å². The van der Waals surface area contributed by atoms with Gasteiger partial charge in [0, 0.05) is 4.47 Å². The summed E-state index contributed by atoms with van der Waals surface area (Å²) in [6.45, 7) is -0.430. The molecular weight excluding hydrogens is 300 g/mol. The predicted molar refractivity (Wildman–Crippen MR) is 59.0 cm³/mol. The van der Waals surface area contributed by atoms with E-state index >= 15 is 0 Å². The van der Waals surface area contributed by atoms with Crippen molar-refractivity contribution in [3.63, 3.8) is 0 Å².